The first kappa shape index (κ1) is 17.3. The zero-order valence-corrected chi connectivity index (χ0v) is 15.4. The number of nitrogens with zero attached hydrogens (tertiary/aromatic N) is 1. The summed E-state index contributed by atoms with van der Waals surface area (Å²) in [6.45, 7) is 2.22. The summed E-state index contributed by atoms with van der Waals surface area (Å²) in [5, 5.41) is 3.85. The summed E-state index contributed by atoms with van der Waals surface area (Å²) < 4.78 is 41.1. The molecule has 24 heavy (non-hydrogen) atoms. The van der Waals surface area contributed by atoms with Gasteiger partial charge in [0.05, 0.1) is 4.90 Å². The van der Waals surface area contributed by atoms with Gasteiger partial charge in [0.25, 0.3) is 0 Å². The molecule has 0 unspecified atom stereocenters. The van der Waals surface area contributed by atoms with Gasteiger partial charge in [0.1, 0.15) is 5.82 Å². The van der Waals surface area contributed by atoms with Gasteiger partial charge in [0.2, 0.25) is 10.0 Å². The molecule has 0 saturated carbocycles. The Labute approximate surface area is 149 Å². The van der Waals surface area contributed by atoms with Crippen LogP contribution in [0.15, 0.2) is 58.1 Å². The van der Waals surface area contributed by atoms with Gasteiger partial charge in [-0.2, -0.15) is 4.31 Å². The number of aryl methyl sites for hydroxylation is 1. The summed E-state index contributed by atoms with van der Waals surface area (Å²) in [6.07, 6.45) is 0. The van der Waals surface area contributed by atoms with E-state index in [0.29, 0.717) is 18.7 Å². The molecule has 0 spiro atoms. The molecule has 0 aliphatic rings. The minimum atomic E-state index is -3.72. The smallest absolute Gasteiger partial charge is 0.207 e. The molecular weight excluding hydrogens is 365 g/mol. The molecule has 2 aromatic heterocycles. The standard InChI is InChI=1S/C17H16FNO2S3/c1-13-10-14(18)6-7-17(13)24(20,21)19(11-15-4-2-8-22-15)12-16-5-3-9-23-16/h2-10H,11-12H2,1H3. The molecule has 3 rings (SSSR count). The summed E-state index contributed by atoms with van der Waals surface area (Å²) in [4.78, 5) is 2.09. The predicted octanol–water partition coefficient (Wildman–Crippen LogP) is 4.65. The molecule has 0 amide bonds. The third kappa shape index (κ3) is 3.75. The minimum Gasteiger partial charge on any atom is -0.207 e. The summed E-state index contributed by atoms with van der Waals surface area (Å²) in [5.74, 6) is -0.436. The van der Waals surface area contributed by atoms with Gasteiger partial charge >= 0.3 is 0 Å². The number of halogens is 1. The Kier molecular flexibility index (Phi) is 5.15. The van der Waals surface area contributed by atoms with E-state index in [1.54, 1.807) is 6.92 Å². The molecule has 0 bridgehead atoms. The molecule has 2 heterocycles. The Bertz CT molecular complexity index is 867. The van der Waals surface area contributed by atoms with Crippen molar-refractivity contribution in [1.29, 1.82) is 0 Å². The van der Waals surface area contributed by atoms with Crippen LogP contribution in [0.4, 0.5) is 4.39 Å². The van der Waals surface area contributed by atoms with E-state index in [1.165, 1.54) is 45.2 Å². The van der Waals surface area contributed by atoms with Gasteiger partial charge in [0.15, 0.2) is 0 Å². The molecule has 3 aromatic rings. The Morgan fingerprint density at radius 2 is 1.58 bits per heavy atom. The van der Waals surface area contributed by atoms with Crippen LogP contribution in [0.2, 0.25) is 0 Å². The molecule has 0 saturated heterocycles. The first-order chi connectivity index (χ1) is 11.5. The number of benzene rings is 1. The van der Waals surface area contributed by atoms with Crippen molar-refractivity contribution in [2.45, 2.75) is 24.9 Å². The molecule has 0 fully saturated rings. The SMILES string of the molecule is Cc1cc(F)ccc1S(=O)(=O)N(Cc1cccs1)Cc1cccs1. The first-order valence-electron chi connectivity index (χ1n) is 7.28. The maximum atomic E-state index is 13.3. The summed E-state index contributed by atoms with van der Waals surface area (Å²) >= 11 is 3.04. The number of thiophene rings is 2. The van der Waals surface area contributed by atoms with E-state index in [2.05, 4.69) is 0 Å². The maximum Gasteiger partial charge on any atom is 0.244 e. The van der Waals surface area contributed by atoms with Crippen LogP contribution >= 0.6 is 22.7 Å². The van der Waals surface area contributed by atoms with Crippen LogP contribution < -0.4 is 0 Å². The van der Waals surface area contributed by atoms with E-state index in [9.17, 15) is 12.8 Å². The molecule has 7 heteroatoms. The van der Waals surface area contributed by atoms with Gasteiger partial charge in [-0.3, -0.25) is 0 Å². The van der Waals surface area contributed by atoms with E-state index in [-0.39, 0.29) is 4.90 Å². The van der Waals surface area contributed by atoms with Gasteiger partial charge in [-0.1, -0.05) is 12.1 Å². The lowest BCUT2D eigenvalue weighted by Crippen LogP contribution is -2.30. The topological polar surface area (TPSA) is 37.4 Å². The molecule has 0 radical (unpaired) electrons. The normalized spacial score (nSPS) is 12.0. The molecule has 1 aromatic carbocycles. The molecule has 0 atom stereocenters. The molecule has 126 valence electrons. The summed E-state index contributed by atoms with van der Waals surface area (Å²) in [5.41, 5.74) is 0.414. The van der Waals surface area contributed by atoms with Crippen molar-refractivity contribution in [2.24, 2.45) is 0 Å². The number of hydrogen-bond acceptors (Lipinski definition) is 4. The van der Waals surface area contributed by atoms with E-state index in [4.69, 9.17) is 0 Å². The largest absolute Gasteiger partial charge is 0.244 e. The minimum absolute atomic E-state index is 0.150. The fourth-order valence-corrected chi connectivity index (χ4v) is 5.62. The highest BCUT2D eigenvalue weighted by Crippen LogP contribution is 2.26. The van der Waals surface area contributed by atoms with Crippen LogP contribution in [0.1, 0.15) is 15.3 Å². The van der Waals surface area contributed by atoms with Crippen molar-refractivity contribution in [2.75, 3.05) is 0 Å². The van der Waals surface area contributed by atoms with Gasteiger partial charge in [-0.05, 0) is 53.6 Å². The molecule has 3 nitrogen and oxygen atoms in total. The summed E-state index contributed by atoms with van der Waals surface area (Å²) in [7, 11) is -3.72. The fraction of sp³-hybridized carbons (Fsp3) is 0.176. The lowest BCUT2D eigenvalue weighted by molar-refractivity contribution is 0.406. The Morgan fingerprint density at radius 3 is 2.04 bits per heavy atom. The van der Waals surface area contributed by atoms with Gasteiger partial charge < -0.3 is 0 Å². The van der Waals surface area contributed by atoms with Crippen LogP contribution in [-0.2, 0) is 23.1 Å². The van der Waals surface area contributed by atoms with Gasteiger partial charge in [0, 0.05) is 22.8 Å². The maximum absolute atomic E-state index is 13.3. The summed E-state index contributed by atoms with van der Waals surface area (Å²) in [6, 6.07) is 11.4. The van der Waals surface area contributed by atoms with Crippen LogP contribution in [0.25, 0.3) is 0 Å². The van der Waals surface area contributed by atoms with E-state index >= 15 is 0 Å². The second-order valence-corrected chi connectivity index (χ2v) is 9.31. The third-order valence-electron chi connectivity index (χ3n) is 3.58. The average Bonchev–Trinajstić information content (AvgIpc) is 3.19. The van der Waals surface area contributed by atoms with Crippen LogP contribution in [0, 0.1) is 12.7 Å². The first-order valence-corrected chi connectivity index (χ1v) is 10.5. The van der Waals surface area contributed by atoms with Crippen LogP contribution in [0.3, 0.4) is 0 Å². The van der Waals surface area contributed by atoms with Crippen molar-refractivity contribution in [3.05, 3.63) is 74.4 Å². The Morgan fingerprint density at radius 1 is 1.00 bits per heavy atom. The number of rotatable bonds is 6. The van der Waals surface area contributed by atoms with Crippen LogP contribution in [-0.4, -0.2) is 12.7 Å². The van der Waals surface area contributed by atoms with Crippen molar-refractivity contribution >= 4 is 32.7 Å². The quantitative estimate of drug-likeness (QED) is 0.623. The van der Waals surface area contributed by atoms with Crippen molar-refractivity contribution < 1.29 is 12.8 Å². The second kappa shape index (κ2) is 7.14. The average molecular weight is 382 g/mol. The van der Waals surface area contributed by atoms with Crippen molar-refractivity contribution in [1.82, 2.24) is 4.31 Å². The van der Waals surface area contributed by atoms with Gasteiger partial charge in [-0.15, -0.1) is 22.7 Å². The molecular formula is C17H16FNO2S3. The highest BCUT2D eigenvalue weighted by Gasteiger charge is 2.27. The van der Waals surface area contributed by atoms with Crippen molar-refractivity contribution in [3.8, 4) is 0 Å². The van der Waals surface area contributed by atoms with E-state index in [1.807, 2.05) is 35.0 Å². The van der Waals surface area contributed by atoms with Gasteiger partial charge in [-0.25, -0.2) is 12.8 Å². The zero-order chi connectivity index (χ0) is 17.2. The zero-order valence-electron chi connectivity index (χ0n) is 13.0. The van der Waals surface area contributed by atoms with Crippen LogP contribution in [0.5, 0.6) is 0 Å². The predicted molar refractivity (Wildman–Crippen MR) is 96.2 cm³/mol. The molecule has 0 aliphatic carbocycles. The number of hydrogen-bond donors (Lipinski definition) is 0. The monoisotopic (exact) mass is 381 g/mol. The Balaban J connectivity index is 1.99. The van der Waals surface area contributed by atoms with E-state index in [0.717, 1.165) is 9.75 Å². The van der Waals surface area contributed by atoms with E-state index < -0.39 is 15.8 Å². The second-order valence-electron chi connectivity index (χ2n) is 5.34. The lowest BCUT2D eigenvalue weighted by Gasteiger charge is -2.22. The Hall–Kier alpha value is -1.54. The molecule has 0 aliphatic heterocycles. The molecule has 0 N–H and O–H groups in total. The highest BCUT2D eigenvalue weighted by atomic mass is 32.2. The lowest BCUT2D eigenvalue weighted by atomic mass is 10.2. The fourth-order valence-electron chi connectivity index (χ4n) is 2.42. The highest BCUT2D eigenvalue weighted by molar-refractivity contribution is 7.89. The number of sulfonamides is 1. The van der Waals surface area contributed by atoms with Crippen molar-refractivity contribution in [3.63, 3.8) is 0 Å². The third-order valence-corrected chi connectivity index (χ3v) is 7.25.